The first-order chi connectivity index (χ1) is 9.65. The Balaban J connectivity index is 2.02. The molecule has 0 heterocycles. The summed E-state index contributed by atoms with van der Waals surface area (Å²) < 4.78 is 19.7. The summed E-state index contributed by atoms with van der Waals surface area (Å²) in [5.74, 6) is -0.190. The molecule has 1 N–H and O–H groups in total. The monoisotopic (exact) mass is 279 g/mol. The number of ether oxygens (including phenoxy) is 1. The normalized spacial score (nSPS) is 18.4. The summed E-state index contributed by atoms with van der Waals surface area (Å²) in [6.45, 7) is 4.96. The van der Waals surface area contributed by atoms with E-state index in [-0.39, 0.29) is 11.9 Å². The van der Waals surface area contributed by atoms with E-state index in [0.29, 0.717) is 12.1 Å². The van der Waals surface area contributed by atoms with Crippen LogP contribution in [0.5, 0.6) is 0 Å². The molecule has 3 heteroatoms. The van der Waals surface area contributed by atoms with E-state index in [1.54, 1.807) is 12.1 Å². The highest BCUT2D eigenvalue weighted by Crippen LogP contribution is 2.27. The van der Waals surface area contributed by atoms with Gasteiger partial charge in [-0.3, -0.25) is 0 Å². The van der Waals surface area contributed by atoms with Crippen LogP contribution >= 0.6 is 0 Å². The Morgan fingerprint density at radius 3 is 2.65 bits per heavy atom. The van der Waals surface area contributed by atoms with Crippen LogP contribution in [0.1, 0.15) is 57.6 Å². The molecule has 0 spiro atoms. The molecular formula is C17H26FNO. The van der Waals surface area contributed by atoms with Crippen LogP contribution in [0.25, 0.3) is 0 Å². The lowest BCUT2D eigenvalue weighted by atomic mass is 9.97. The van der Waals surface area contributed by atoms with Crippen LogP contribution in [0.15, 0.2) is 24.3 Å². The van der Waals surface area contributed by atoms with Crippen LogP contribution in [0.4, 0.5) is 4.39 Å². The molecule has 0 aliphatic heterocycles. The Morgan fingerprint density at radius 1 is 1.25 bits per heavy atom. The van der Waals surface area contributed by atoms with Crippen LogP contribution < -0.4 is 5.32 Å². The molecule has 0 radical (unpaired) electrons. The Labute approximate surface area is 121 Å². The van der Waals surface area contributed by atoms with Gasteiger partial charge in [0.25, 0.3) is 0 Å². The van der Waals surface area contributed by atoms with Crippen molar-refractivity contribution in [3.8, 4) is 0 Å². The summed E-state index contributed by atoms with van der Waals surface area (Å²) in [6.07, 6.45) is 6.34. The summed E-state index contributed by atoms with van der Waals surface area (Å²) >= 11 is 0. The maximum Gasteiger partial charge on any atom is 0.123 e. The van der Waals surface area contributed by atoms with Gasteiger partial charge in [0.1, 0.15) is 5.82 Å². The van der Waals surface area contributed by atoms with E-state index >= 15 is 0 Å². The molecule has 1 aliphatic carbocycles. The van der Waals surface area contributed by atoms with E-state index < -0.39 is 0 Å². The van der Waals surface area contributed by atoms with Gasteiger partial charge in [0.05, 0.1) is 12.2 Å². The minimum absolute atomic E-state index is 0.0591. The van der Waals surface area contributed by atoms with Gasteiger partial charge < -0.3 is 10.1 Å². The Hall–Kier alpha value is -0.930. The number of benzene rings is 1. The smallest absolute Gasteiger partial charge is 0.123 e. The lowest BCUT2D eigenvalue weighted by Gasteiger charge is -2.28. The molecule has 112 valence electrons. The van der Waals surface area contributed by atoms with Gasteiger partial charge in [0, 0.05) is 12.6 Å². The van der Waals surface area contributed by atoms with Crippen molar-refractivity contribution < 1.29 is 9.13 Å². The fourth-order valence-electron chi connectivity index (χ4n) is 2.73. The summed E-state index contributed by atoms with van der Waals surface area (Å²) in [6, 6.07) is 7.20. The first kappa shape index (κ1) is 15.5. The summed E-state index contributed by atoms with van der Waals surface area (Å²) in [7, 11) is 0. The third kappa shape index (κ3) is 4.88. The minimum Gasteiger partial charge on any atom is -0.369 e. The second kappa shape index (κ2) is 7.75. The summed E-state index contributed by atoms with van der Waals surface area (Å²) in [5, 5.41) is 3.41. The molecule has 0 amide bonds. The molecule has 2 rings (SSSR count). The molecule has 0 aromatic heterocycles. The minimum atomic E-state index is -0.190. The van der Waals surface area contributed by atoms with Gasteiger partial charge in [0.2, 0.25) is 0 Å². The first-order valence-electron chi connectivity index (χ1n) is 7.79. The van der Waals surface area contributed by atoms with E-state index in [4.69, 9.17) is 4.74 Å². The third-order valence-corrected chi connectivity index (χ3v) is 3.84. The maximum atomic E-state index is 13.4. The van der Waals surface area contributed by atoms with Crippen molar-refractivity contribution in [2.45, 2.75) is 64.2 Å². The van der Waals surface area contributed by atoms with Crippen LogP contribution in [-0.4, -0.2) is 18.7 Å². The number of hydrogen-bond acceptors (Lipinski definition) is 2. The van der Waals surface area contributed by atoms with E-state index in [2.05, 4.69) is 19.2 Å². The van der Waals surface area contributed by atoms with Crippen molar-refractivity contribution in [1.29, 1.82) is 0 Å². The molecular weight excluding hydrogens is 253 g/mol. The van der Waals surface area contributed by atoms with Gasteiger partial charge in [-0.1, -0.05) is 45.2 Å². The molecule has 1 aromatic rings. The third-order valence-electron chi connectivity index (χ3n) is 3.84. The van der Waals surface area contributed by atoms with E-state index in [1.165, 1.54) is 25.3 Å². The molecule has 0 saturated heterocycles. The van der Waals surface area contributed by atoms with Crippen molar-refractivity contribution in [3.05, 3.63) is 35.6 Å². The van der Waals surface area contributed by atoms with Crippen LogP contribution in [0.2, 0.25) is 0 Å². The van der Waals surface area contributed by atoms with Crippen LogP contribution in [-0.2, 0) is 4.74 Å². The molecule has 1 unspecified atom stereocenters. The number of rotatable bonds is 6. The average Bonchev–Trinajstić information content (AvgIpc) is 2.44. The van der Waals surface area contributed by atoms with Crippen molar-refractivity contribution in [2.24, 2.45) is 0 Å². The Bertz CT molecular complexity index is 402. The average molecular weight is 279 g/mol. The lowest BCUT2D eigenvalue weighted by molar-refractivity contribution is -0.0314. The van der Waals surface area contributed by atoms with Crippen LogP contribution in [0.3, 0.4) is 0 Å². The molecule has 1 fully saturated rings. The zero-order valence-electron chi connectivity index (χ0n) is 12.6. The standard InChI is InChI=1S/C17H26FNO/c1-13(2)19-12-17(14-7-6-8-15(18)11-14)20-16-9-4-3-5-10-16/h6-8,11,13,16-17,19H,3-5,9-10,12H2,1-2H3. The predicted molar refractivity (Wildman–Crippen MR) is 80.2 cm³/mol. The van der Waals surface area contributed by atoms with Gasteiger partial charge in [-0.25, -0.2) is 4.39 Å². The number of hydrogen-bond donors (Lipinski definition) is 1. The Kier molecular flexibility index (Phi) is 5.99. The van der Waals surface area contributed by atoms with Crippen molar-refractivity contribution >= 4 is 0 Å². The molecule has 2 nitrogen and oxygen atoms in total. The van der Waals surface area contributed by atoms with Gasteiger partial charge >= 0.3 is 0 Å². The summed E-state index contributed by atoms with van der Waals surface area (Å²) in [5.41, 5.74) is 0.934. The SMILES string of the molecule is CC(C)NCC(OC1CCCCC1)c1cccc(F)c1. The summed E-state index contributed by atoms with van der Waals surface area (Å²) in [4.78, 5) is 0. The predicted octanol–water partition coefficient (Wildman–Crippen LogP) is 4.21. The first-order valence-corrected chi connectivity index (χ1v) is 7.79. The van der Waals surface area contributed by atoms with Gasteiger partial charge in [-0.05, 0) is 30.5 Å². The fraction of sp³-hybridized carbons (Fsp3) is 0.647. The highest BCUT2D eigenvalue weighted by Gasteiger charge is 2.21. The lowest BCUT2D eigenvalue weighted by Crippen LogP contribution is -2.31. The molecule has 1 atom stereocenters. The van der Waals surface area contributed by atoms with Crippen molar-refractivity contribution in [1.82, 2.24) is 5.32 Å². The molecule has 1 aromatic carbocycles. The van der Waals surface area contributed by atoms with Crippen LogP contribution in [0, 0.1) is 5.82 Å². The zero-order chi connectivity index (χ0) is 14.4. The Morgan fingerprint density at radius 2 is 2.00 bits per heavy atom. The zero-order valence-corrected chi connectivity index (χ0v) is 12.6. The number of halogens is 1. The molecule has 20 heavy (non-hydrogen) atoms. The maximum absolute atomic E-state index is 13.4. The van der Waals surface area contributed by atoms with Crippen molar-refractivity contribution in [3.63, 3.8) is 0 Å². The van der Waals surface area contributed by atoms with E-state index in [0.717, 1.165) is 24.9 Å². The highest BCUT2D eigenvalue weighted by molar-refractivity contribution is 5.19. The molecule has 0 bridgehead atoms. The largest absolute Gasteiger partial charge is 0.369 e. The van der Waals surface area contributed by atoms with E-state index in [9.17, 15) is 4.39 Å². The van der Waals surface area contributed by atoms with Crippen molar-refractivity contribution in [2.75, 3.05) is 6.54 Å². The van der Waals surface area contributed by atoms with Gasteiger partial charge in [-0.15, -0.1) is 0 Å². The quantitative estimate of drug-likeness (QED) is 0.842. The second-order valence-corrected chi connectivity index (χ2v) is 6.00. The fourth-order valence-corrected chi connectivity index (χ4v) is 2.73. The second-order valence-electron chi connectivity index (χ2n) is 6.00. The molecule has 1 saturated carbocycles. The highest BCUT2D eigenvalue weighted by atomic mass is 19.1. The van der Waals surface area contributed by atoms with Gasteiger partial charge in [-0.2, -0.15) is 0 Å². The van der Waals surface area contributed by atoms with Gasteiger partial charge in [0.15, 0.2) is 0 Å². The van der Waals surface area contributed by atoms with E-state index in [1.807, 2.05) is 6.07 Å². The molecule has 1 aliphatic rings. The number of nitrogens with one attached hydrogen (secondary N) is 1. The topological polar surface area (TPSA) is 21.3 Å².